The lowest BCUT2D eigenvalue weighted by molar-refractivity contribution is -0.167. The SMILES string of the molecule is CCCCCCCC/C=C\C/C=C\C/C=C\CCCC(=O)OC[C@H](COC(=O)CCCCCCCCCCCCCCCCCCC)OC(=O)CCC/C=C\C/C=C\C/C=C\CCCCCCCC. The molecule has 1 atom stereocenters. The van der Waals surface area contributed by atoms with Crippen LogP contribution in [-0.4, -0.2) is 37.2 Å². The van der Waals surface area contributed by atoms with Gasteiger partial charge in [-0.2, -0.15) is 0 Å². The van der Waals surface area contributed by atoms with Gasteiger partial charge in [0.15, 0.2) is 6.10 Å². The molecule has 6 nitrogen and oxygen atoms in total. The highest BCUT2D eigenvalue weighted by Crippen LogP contribution is 2.16. The van der Waals surface area contributed by atoms with Crippen molar-refractivity contribution in [2.24, 2.45) is 0 Å². The third-order valence-corrected chi connectivity index (χ3v) is 12.7. The molecule has 0 aliphatic rings. The van der Waals surface area contributed by atoms with Crippen LogP contribution in [0, 0.1) is 0 Å². The molecule has 398 valence electrons. The van der Waals surface area contributed by atoms with E-state index in [1.54, 1.807) is 0 Å². The van der Waals surface area contributed by atoms with Gasteiger partial charge in [0.05, 0.1) is 0 Å². The lowest BCUT2D eigenvalue weighted by atomic mass is 10.0. The Bertz CT molecular complexity index is 1290. The van der Waals surface area contributed by atoms with Crippen molar-refractivity contribution in [2.75, 3.05) is 13.2 Å². The minimum Gasteiger partial charge on any atom is -0.462 e. The molecule has 0 unspecified atom stereocenters. The standard InChI is InChI=1S/C63H110O6/c1-4-7-10-13-16-19-22-25-28-31-34-37-40-43-46-49-52-55-61(64)67-58-60(69-63(66)57-54-51-48-45-42-39-36-33-30-27-24-21-18-15-12-9-6-3)59-68-62(65)56-53-50-47-44-41-38-35-32-29-26-23-20-17-14-11-8-5-2/h25,27-28,30,34,36-37,39,43,45-46,48,60H,4-24,26,29,31-33,35,38,40-42,44,47,49-59H2,1-3H3/b28-25-,30-27-,37-34-,39-36-,46-43-,48-45-/t60-/m1/s1. The molecule has 0 aromatic heterocycles. The Labute approximate surface area is 427 Å². The van der Waals surface area contributed by atoms with Gasteiger partial charge in [0.25, 0.3) is 0 Å². The molecule has 0 aromatic carbocycles. The molecule has 0 aliphatic carbocycles. The van der Waals surface area contributed by atoms with Crippen molar-refractivity contribution in [2.45, 2.75) is 297 Å². The Kier molecular flexibility index (Phi) is 54.8. The predicted molar refractivity (Wildman–Crippen MR) is 298 cm³/mol. The first kappa shape index (κ1) is 65.8. The fourth-order valence-electron chi connectivity index (χ4n) is 8.24. The Morgan fingerprint density at radius 2 is 0.536 bits per heavy atom. The zero-order valence-corrected chi connectivity index (χ0v) is 45.6. The van der Waals surface area contributed by atoms with Crippen LogP contribution in [0.3, 0.4) is 0 Å². The highest BCUT2D eigenvalue weighted by Gasteiger charge is 2.19. The van der Waals surface area contributed by atoms with E-state index in [0.29, 0.717) is 19.3 Å². The van der Waals surface area contributed by atoms with E-state index in [2.05, 4.69) is 93.7 Å². The number of allylic oxidation sites excluding steroid dienone is 12. The molecule has 0 saturated carbocycles. The zero-order chi connectivity index (χ0) is 50.0. The average molecular weight is 964 g/mol. The van der Waals surface area contributed by atoms with Crippen LogP contribution in [0.4, 0.5) is 0 Å². The second-order valence-electron chi connectivity index (χ2n) is 19.6. The molecule has 0 spiro atoms. The van der Waals surface area contributed by atoms with Gasteiger partial charge in [0.2, 0.25) is 0 Å². The minimum absolute atomic E-state index is 0.109. The van der Waals surface area contributed by atoms with Crippen LogP contribution in [0.25, 0.3) is 0 Å². The summed E-state index contributed by atoms with van der Waals surface area (Å²) in [6, 6.07) is 0. The number of ether oxygens (including phenoxy) is 3. The minimum atomic E-state index is -0.821. The van der Waals surface area contributed by atoms with Gasteiger partial charge in [0, 0.05) is 19.3 Å². The fraction of sp³-hybridized carbons (Fsp3) is 0.762. The average Bonchev–Trinajstić information content (AvgIpc) is 3.35. The van der Waals surface area contributed by atoms with Gasteiger partial charge in [-0.15, -0.1) is 0 Å². The number of hydrogen-bond acceptors (Lipinski definition) is 6. The Morgan fingerprint density at radius 3 is 0.870 bits per heavy atom. The summed E-state index contributed by atoms with van der Waals surface area (Å²) in [5.41, 5.74) is 0. The smallest absolute Gasteiger partial charge is 0.306 e. The van der Waals surface area contributed by atoms with Gasteiger partial charge >= 0.3 is 17.9 Å². The molecular weight excluding hydrogens is 853 g/mol. The van der Waals surface area contributed by atoms with Crippen LogP contribution in [0.15, 0.2) is 72.9 Å². The maximum absolute atomic E-state index is 12.8. The molecule has 6 heteroatoms. The molecule has 0 heterocycles. The maximum atomic E-state index is 12.8. The summed E-state index contributed by atoms with van der Waals surface area (Å²) in [6.45, 7) is 6.57. The van der Waals surface area contributed by atoms with Gasteiger partial charge < -0.3 is 14.2 Å². The number of rotatable bonds is 53. The van der Waals surface area contributed by atoms with E-state index in [4.69, 9.17) is 14.2 Å². The van der Waals surface area contributed by atoms with Gasteiger partial charge in [-0.3, -0.25) is 14.4 Å². The van der Waals surface area contributed by atoms with Crippen molar-refractivity contribution >= 4 is 17.9 Å². The van der Waals surface area contributed by atoms with Crippen molar-refractivity contribution < 1.29 is 28.6 Å². The van der Waals surface area contributed by atoms with E-state index in [0.717, 1.165) is 57.8 Å². The van der Waals surface area contributed by atoms with Crippen molar-refractivity contribution in [3.05, 3.63) is 72.9 Å². The number of esters is 3. The zero-order valence-electron chi connectivity index (χ0n) is 45.6. The molecule has 0 N–H and O–H groups in total. The van der Waals surface area contributed by atoms with E-state index in [1.807, 2.05) is 0 Å². The summed E-state index contributed by atoms with van der Waals surface area (Å²) in [7, 11) is 0. The fourth-order valence-corrected chi connectivity index (χ4v) is 8.24. The van der Waals surface area contributed by atoms with E-state index in [9.17, 15) is 14.4 Å². The first-order valence-electron chi connectivity index (χ1n) is 29.4. The van der Waals surface area contributed by atoms with Crippen molar-refractivity contribution in [3.63, 3.8) is 0 Å². The summed E-state index contributed by atoms with van der Waals surface area (Å²) in [6.07, 6.45) is 73.4. The van der Waals surface area contributed by atoms with Gasteiger partial charge in [-0.25, -0.2) is 0 Å². The highest BCUT2D eigenvalue weighted by molar-refractivity contribution is 5.71. The molecule has 0 aromatic rings. The predicted octanol–water partition coefficient (Wildman–Crippen LogP) is 19.8. The van der Waals surface area contributed by atoms with E-state index in [-0.39, 0.29) is 44.0 Å². The molecule has 0 amide bonds. The van der Waals surface area contributed by atoms with Crippen molar-refractivity contribution in [3.8, 4) is 0 Å². The molecule has 0 rings (SSSR count). The Morgan fingerprint density at radius 1 is 0.290 bits per heavy atom. The lowest BCUT2D eigenvalue weighted by Crippen LogP contribution is -2.30. The summed E-state index contributed by atoms with van der Waals surface area (Å²) < 4.78 is 16.8. The maximum Gasteiger partial charge on any atom is 0.306 e. The quantitative estimate of drug-likeness (QED) is 0.0262. The highest BCUT2D eigenvalue weighted by atomic mass is 16.6. The van der Waals surface area contributed by atoms with E-state index in [1.165, 1.54) is 180 Å². The summed E-state index contributed by atoms with van der Waals surface area (Å²) in [4.78, 5) is 38.1. The molecule has 0 radical (unpaired) electrons. The largest absolute Gasteiger partial charge is 0.462 e. The number of hydrogen-bond donors (Lipinski definition) is 0. The Balaban J connectivity index is 4.50. The topological polar surface area (TPSA) is 78.9 Å². The van der Waals surface area contributed by atoms with E-state index >= 15 is 0 Å². The molecule has 0 aliphatic heterocycles. The lowest BCUT2D eigenvalue weighted by Gasteiger charge is -2.18. The third-order valence-electron chi connectivity index (χ3n) is 12.7. The van der Waals surface area contributed by atoms with Crippen molar-refractivity contribution in [1.82, 2.24) is 0 Å². The molecular formula is C63H110O6. The van der Waals surface area contributed by atoms with Crippen LogP contribution in [0.5, 0.6) is 0 Å². The first-order valence-corrected chi connectivity index (χ1v) is 29.4. The molecule has 0 bridgehead atoms. The van der Waals surface area contributed by atoms with Gasteiger partial charge in [-0.05, 0) is 83.5 Å². The van der Waals surface area contributed by atoms with Crippen LogP contribution in [0.2, 0.25) is 0 Å². The monoisotopic (exact) mass is 963 g/mol. The molecule has 0 saturated heterocycles. The van der Waals surface area contributed by atoms with Crippen LogP contribution in [0.1, 0.15) is 290 Å². The second kappa shape index (κ2) is 57.4. The summed E-state index contributed by atoms with van der Waals surface area (Å²) in [5, 5.41) is 0. The first-order chi connectivity index (χ1) is 34.0. The van der Waals surface area contributed by atoms with Crippen LogP contribution < -0.4 is 0 Å². The van der Waals surface area contributed by atoms with E-state index < -0.39 is 6.10 Å². The van der Waals surface area contributed by atoms with Crippen LogP contribution >= 0.6 is 0 Å². The summed E-state index contributed by atoms with van der Waals surface area (Å²) >= 11 is 0. The Hall–Kier alpha value is -3.15. The molecule has 0 fully saturated rings. The van der Waals surface area contributed by atoms with Gasteiger partial charge in [0.1, 0.15) is 13.2 Å². The van der Waals surface area contributed by atoms with Gasteiger partial charge in [-0.1, -0.05) is 261 Å². The van der Waals surface area contributed by atoms with Crippen LogP contribution in [-0.2, 0) is 28.6 Å². The second-order valence-corrected chi connectivity index (χ2v) is 19.6. The number of unbranched alkanes of at least 4 members (excludes halogenated alkanes) is 30. The molecule has 69 heavy (non-hydrogen) atoms. The third kappa shape index (κ3) is 55.6. The normalized spacial score (nSPS) is 12.6. The summed E-state index contributed by atoms with van der Waals surface area (Å²) in [5.74, 6) is -1.01. The van der Waals surface area contributed by atoms with Crippen molar-refractivity contribution in [1.29, 1.82) is 0 Å². The number of carbonyl (C=O) groups is 3. The number of carbonyl (C=O) groups excluding carboxylic acids is 3.